The molecule has 1 rings (SSSR count). The van der Waals surface area contributed by atoms with Crippen LogP contribution in [0.3, 0.4) is 0 Å². The Labute approximate surface area is 204 Å². The smallest absolute Gasteiger partial charge is 0.550 e. The molecule has 0 heterocycles. The predicted octanol–water partition coefficient (Wildman–Crippen LogP) is -1.65. The van der Waals surface area contributed by atoms with Gasteiger partial charge in [-0.3, -0.25) is 0 Å². The van der Waals surface area contributed by atoms with Gasteiger partial charge in [0.25, 0.3) is 0 Å². The number of rotatable bonds is 11. The molecule has 0 aromatic heterocycles. The third-order valence-electron chi connectivity index (χ3n) is 4.84. The van der Waals surface area contributed by atoms with E-state index in [0.717, 1.165) is 31.3 Å². The molecular formula is C21H35N4NaO2S. The zero-order valence-corrected chi connectivity index (χ0v) is 22.0. The standard InChI is InChI=1S/C21H36N4O2S.Na/c1-17-9-7-10-18(2)20(17)25(12-8-11-19(26)27)16-14-23(5)13-15-24(6)21(28)22(3)4;/h7,9-10H,8,11-16H2,1-6H3,(H,26,27);/q;+1/p-1. The molecule has 8 heteroatoms. The van der Waals surface area contributed by atoms with Crippen molar-refractivity contribution in [2.45, 2.75) is 26.7 Å². The molecule has 1 aromatic carbocycles. The Morgan fingerprint density at radius 2 is 1.52 bits per heavy atom. The minimum absolute atomic E-state index is 0. The zero-order chi connectivity index (χ0) is 21.3. The van der Waals surface area contributed by atoms with E-state index >= 15 is 0 Å². The first-order valence-electron chi connectivity index (χ1n) is 9.75. The van der Waals surface area contributed by atoms with Gasteiger partial charge >= 0.3 is 29.6 Å². The first-order valence-corrected chi connectivity index (χ1v) is 10.2. The Morgan fingerprint density at radius 1 is 0.966 bits per heavy atom. The van der Waals surface area contributed by atoms with Crippen LogP contribution < -0.4 is 39.6 Å². The molecule has 0 saturated carbocycles. The number of anilines is 1. The minimum Gasteiger partial charge on any atom is -0.550 e. The monoisotopic (exact) mass is 430 g/mol. The molecule has 0 amide bonds. The van der Waals surface area contributed by atoms with Gasteiger partial charge in [0.2, 0.25) is 0 Å². The number of aryl methyl sites for hydroxylation is 2. The molecule has 0 atom stereocenters. The largest absolute Gasteiger partial charge is 1.00 e. The molecule has 29 heavy (non-hydrogen) atoms. The fraction of sp³-hybridized carbons (Fsp3) is 0.619. The molecule has 158 valence electrons. The molecule has 1 aromatic rings. The van der Waals surface area contributed by atoms with Crippen molar-refractivity contribution in [3.63, 3.8) is 0 Å². The van der Waals surface area contributed by atoms with E-state index in [1.54, 1.807) is 0 Å². The summed E-state index contributed by atoms with van der Waals surface area (Å²) in [7, 11) is 8.03. The number of benzene rings is 1. The molecule has 0 aliphatic carbocycles. The molecule has 0 radical (unpaired) electrons. The van der Waals surface area contributed by atoms with E-state index in [1.807, 2.05) is 26.0 Å². The first-order chi connectivity index (χ1) is 13.1. The molecule has 6 nitrogen and oxygen atoms in total. The van der Waals surface area contributed by atoms with Crippen LogP contribution in [0.25, 0.3) is 0 Å². The van der Waals surface area contributed by atoms with E-state index in [9.17, 15) is 9.90 Å². The van der Waals surface area contributed by atoms with Crippen LogP contribution in [0.4, 0.5) is 5.69 Å². The second-order valence-electron chi connectivity index (χ2n) is 7.60. The number of para-hydroxylation sites is 1. The van der Waals surface area contributed by atoms with Gasteiger partial charge in [-0.15, -0.1) is 0 Å². The Hall–Kier alpha value is -0.860. The number of likely N-dealkylation sites (N-methyl/N-ethyl adjacent to an activating group) is 2. The fourth-order valence-electron chi connectivity index (χ4n) is 3.22. The Balaban J connectivity index is 0.00000784. The van der Waals surface area contributed by atoms with Crippen molar-refractivity contribution in [1.82, 2.24) is 14.7 Å². The Bertz CT molecular complexity index is 637. The normalized spacial score (nSPS) is 10.4. The number of carboxylic acid groups (broad SMARTS) is 1. The van der Waals surface area contributed by atoms with Crippen molar-refractivity contribution < 1.29 is 39.5 Å². The zero-order valence-electron chi connectivity index (χ0n) is 19.2. The molecule has 0 saturated heterocycles. The number of hydrogen-bond donors (Lipinski definition) is 0. The number of carboxylic acids is 1. The summed E-state index contributed by atoms with van der Waals surface area (Å²) >= 11 is 5.39. The van der Waals surface area contributed by atoms with Crippen LogP contribution in [0.1, 0.15) is 24.0 Å². The third-order valence-corrected chi connectivity index (χ3v) is 5.52. The number of aliphatic carboxylic acids is 1. The maximum absolute atomic E-state index is 10.8. The van der Waals surface area contributed by atoms with E-state index in [2.05, 4.69) is 53.8 Å². The summed E-state index contributed by atoms with van der Waals surface area (Å²) < 4.78 is 0. The number of nitrogens with zero attached hydrogens (tertiary/aromatic N) is 4. The average Bonchev–Trinajstić information content (AvgIpc) is 2.62. The van der Waals surface area contributed by atoms with Gasteiger partial charge in [-0.1, -0.05) is 18.2 Å². The van der Waals surface area contributed by atoms with Gasteiger partial charge in [0.15, 0.2) is 5.11 Å². The van der Waals surface area contributed by atoms with Crippen molar-refractivity contribution in [2.75, 3.05) is 65.8 Å². The Morgan fingerprint density at radius 3 is 2.03 bits per heavy atom. The van der Waals surface area contributed by atoms with Crippen molar-refractivity contribution in [3.8, 4) is 0 Å². The van der Waals surface area contributed by atoms with Crippen LogP contribution in [0.15, 0.2) is 18.2 Å². The van der Waals surface area contributed by atoms with Gasteiger partial charge in [0.05, 0.1) is 0 Å². The quantitative estimate of drug-likeness (QED) is 0.308. The predicted molar refractivity (Wildman–Crippen MR) is 119 cm³/mol. The maximum atomic E-state index is 10.8. The van der Waals surface area contributed by atoms with Gasteiger partial charge in [0.1, 0.15) is 0 Å². The Kier molecular flexibility index (Phi) is 13.8. The van der Waals surface area contributed by atoms with E-state index < -0.39 is 5.97 Å². The molecular weight excluding hydrogens is 395 g/mol. The molecule has 0 bridgehead atoms. The van der Waals surface area contributed by atoms with Crippen LogP contribution in [-0.2, 0) is 4.79 Å². The summed E-state index contributed by atoms with van der Waals surface area (Å²) in [6.07, 6.45) is 0.670. The summed E-state index contributed by atoms with van der Waals surface area (Å²) in [4.78, 5) is 19.4. The van der Waals surface area contributed by atoms with Gasteiger partial charge in [-0.05, 0) is 57.1 Å². The maximum Gasteiger partial charge on any atom is 1.00 e. The molecule has 0 aliphatic heterocycles. The molecule has 0 unspecified atom stereocenters. The summed E-state index contributed by atoms with van der Waals surface area (Å²) in [6, 6.07) is 6.27. The molecule has 0 N–H and O–H groups in total. The second-order valence-corrected chi connectivity index (χ2v) is 7.97. The first kappa shape index (κ1) is 28.1. The van der Waals surface area contributed by atoms with Gasteiger partial charge in [-0.2, -0.15) is 0 Å². The van der Waals surface area contributed by atoms with Crippen LogP contribution in [-0.4, -0.2) is 86.7 Å². The van der Waals surface area contributed by atoms with Crippen LogP contribution >= 0.6 is 12.2 Å². The fourth-order valence-corrected chi connectivity index (χ4v) is 3.31. The number of hydrogen-bond acceptors (Lipinski definition) is 5. The minimum atomic E-state index is -0.988. The van der Waals surface area contributed by atoms with E-state index in [0.29, 0.717) is 13.0 Å². The second kappa shape index (κ2) is 14.2. The molecule has 0 spiro atoms. The topological polar surface area (TPSA) is 53.1 Å². The average molecular weight is 431 g/mol. The molecule has 0 aliphatic rings. The van der Waals surface area contributed by atoms with Crippen molar-refractivity contribution >= 4 is 29.0 Å². The van der Waals surface area contributed by atoms with E-state index in [1.165, 1.54) is 16.8 Å². The number of carbonyl (C=O) groups excluding carboxylic acids is 1. The van der Waals surface area contributed by atoms with Gasteiger partial charge < -0.3 is 29.5 Å². The summed E-state index contributed by atoms with van der Waals surface area (Å²) in [6.45, 7) is 8.42. The van der Waals surface area contributed by atoms with Crippen molar-refractivity contribution in [3.05, 3.63) is 29.3 Å². The van der Waals surface area contributed by atoms with Crippen molar-refractivity contribution in [2.24, 2.45) is 0 Å². The van der Waals surface area contributed by atoms with Crippen LogP contribution in [0.2, 0.25) is 0 Å². The van der Waals surface area contributed by atoms with Crippen LogP contribution in [0, 0.1) is 13.8 Å². The SMILES string of the molecule is Cc1cccc(C)c1N(CCCC(=O)[O-])CCN(C)CCN(C)C(=S)N(C)C.[Na+]. The summed E-state index contributed by atoms with van der Waals surface area (Å²) in [5.41, 5.74) is 3.64. The summed E-state index contributed by atoms with van der Waals surface area (Å²) in [5, 5.41) is 11.6. The van der Waals surface area contributed by atoms with E-state index in [-0.39, 0.29) is 36.0 Å². The number of thiocarbonyl (C=S) groups is 1. The van der Waals surface area contributed by atoms with Crippen LogP contribution in [0.5, 0.6) is 0 Å². The third kappa shape index (κ3) is 10.1. The van der Waals surface area contributed by atoms with E-state index in [4.69, 9.17) is 12.2 Å². The van der Waals surface area contributed by atoms with Gasteiger partial charge in [0, 0.05) is 65.5 Å². The van der Waals surface area contributed by atoms with Crippen molar-refractivity contribution in [1.29, 1.82) is 0 Å². The number of carbonyl (C=O) groups is 1. The molecule has 0 fully saturated rings. The van der Waals surface area contributed by atoms with Gasteiger partial charge in [-0.25, -0.2) is 0 Å². The summed E-state index contributed by atoms with van der Waals surface area (Å²) in [5.74, 6) is -0.988.